The summed E-state index contributed by atoms with van der Waals surface area (Å²) >= 11 is 0. The predicted molar refractivity (Wildman–Crippen MR) is 172 cm³/mol. The Morgan fingerprint density at radius 1 is 1.15 bits per heavy atom. The number of hydrogen-bond donors (Lipinski definition) is 0. The molecule has 1 saturated carbocycles. The van der Waals surface area contributed by atoms with Crippen LogP contribution in [0.15, 0.2) is 55.1 Å². The molecule has 48 heavy (non-hydrogen) atoms. The normalized spacial score (nSPS) is 27.3. The van der Waals surface area contributed by atoms with Gasteiger partial charge in [0.2, 0.25) is 5.91 Å². The molecule has 0 aromatic heterocycles. The molecule has 256 valence electrons. The summed E-state index contributed by atoms with van der Waals surface area (Å²) in [5, 5.41) is 0. The van der Waals surface area contributed by atoms with E-state index in [1.807, 2.05) is 26.0 Å². The van der Waals surface area contributed by atoms with Crippen LogP contribution in [-0.2, 0) is 37.1 Å². The van der Waals surface area contributed by atoms with Crippen molar-refractivity contribution in [1.82, 2.24) is 9.80 Å². The van der Waals surface area contributed by atoms with E-state index in [1.165, 1.54) is 38.1 Å². The number of ether oxygens (including phenoxy) is 3. The van der Waals surface area contributed by atoms with Gasteiger partial charge in [0.25, 0.3) is 0 Å². The zero-order valence-electron chi connectivity index (χ0n) is 27.6. The van der Waals surface area contributed by atoms with Gasteiger partial charge in [-0.3, -0.25) is 19.3 Å². The highest BCUT2D eigenvalue weighted by atomic mass is 19.4. The summed E-state index contributed by atoms with van der Waals surface area (Å²) in [7, 11) is 0. The second-order valence-corrected chi connectivity index (χ2v) is 13.7. The number of esters is 2. The van der Waals surface area contributed by atoms with E-state index in [0.717, 1.165) is 23.3 Å². The standard InChI is InChI=1S/C37H41F3N2O6/c1-6-17-41-18-16-35-32-26-11-12-29(46-23(4)43)33(32)47-34(35)28(14-15-36(35,30(41)20-26)48-24(5)44)42(21-22(2)3)31(45)13-10-25-8-7-9-27(19-25)37(38,39)40/h6-13,19,22,28,30,34H,1,14-18,20-21H2,2-5H3/t28?,30-,34?,35+,36-/m1/s1. The number of amides is 1. The van der Waals surface area contributed by atoms with E-state index in [4.69, 9.17) is 14.2 Å². The molecule has 2 bridgehead atoms. The maximum atomic E-state index is 14.1. The van der Waals surface area contributed by atoms with E-state index in [0.29, 0.717) is 51.1 Å². The number of piperidine rings is 1. The highest BCUT2D eigenvalue weighted by Gasteiger charge is 2.75. The van der Waals surface area contributed by atoms with Gasteiger partial charge < -0.3 is 19.1 Å². The maximum Gasteiger partial charge on any atom is 0.416 e. The second kappa shape index (κ2) is 12.4. The van der Waals surface area contributed by atoms with Crippen LogP contribution in [0.25, 0.3) is 6.08 Å². The first kappa shape index (κ1) is 33.8. The van der Waals surface area contributed by atoms with Crippen LogP contribution >= 0.6 is 0 Å². The van der Waals surface area contributed by atoms with Crippen molar-refractivity contribution in [3.63, 3.8) is 0 Å². The van der Waals surface area contributed by atoms with Crippen LogP contribution in [-0.4, -0.2) is 71.1 Å². The fourth-order valence-corrected chi connectivity index (χ4v) is 8.83. The predicted octanol–water partition coefficient (Wildman–Crippen LogP) is 6.11. The molecule has 2 aromatic carbocycles. The Balaban J connectivity index is 1.47. The number of alkyl halides is 3. The Morgan fingerprint density at radius 2 is 1.92 bits per heavy atom. The quantitative estimate of drug-likeness (QED) is 0.138. The van der Waals surface area contributed by atoms with Crippen LogP contribution in [0.1, 0.15) is 69.2 Å². The molecule has 2 heterocycles. The van der Waals surface area contributed by atoms with Crippen molar-refractivity contribution in [2.45, 2.75) is 88.8 Å². The van der Waals surface area contributed by atoms with Crippen molar-refractivity contribution in [1.29, 1.82) is 0 Å². The number of rotatable bonds is 9. The Kier molecular flexibility index (Phi) is 8.72. The van der Waals surface area contributed by atoms with E-state index in [9.17, 15) is 27.6 Å². The Morgan fingerprint density at radius 3 is 2.58 bits per heavy atom. The number of halogens is 3. The summed E-state index contributed by atoms with van der Waals surface area (Å²) in [6, 6.07) is 7.85. The van der Waals surface area contributed by atoms with E-state index in [2.05, 4.69) is 11.5 Å². The van der Waals surface area contributed by atoms with Gasteiger partial charge >= 0.3 is 18.1 Å². The molecule has 2 aromatic rings. The van der Waals surface area contributed by atoms with E-state index in [-0.39, 0.29) is 29.2 Å². The molecule has 2 fully saturated rings. The highest BCUT2D eigenvalue weighted by molar-refractivity contribution is 5.92. The maximum absolute atomic E-state index is 14.1. The first-order chi connectivity index (χ1) is 22.7. The first-order valence-electron chi connectivity index (χ1n) is 16.4. The minimum absolute atomic E-state index is 0.0538. The van der Waals surface area contributed by atoms with Gasteiger partial charge in [0.15, 0.2) is 11.5 Å². The third-order valence-electron chi connectivity index (χ3n) is 10.3. The smallest absolute Gasteiger partial charge is 0.416 e. The fraction of sp³-hybridized carbons (Fsp3) is 0.486. The summed E-state index contributed by atoms with van der Waals surface area (Å²) in [6.07, 6.45) is 1.43. The average molecular weight is 667 g/mol. The zero-order chi connectivity index (χ0) is 34.6. The molecule has 2 unspecified atom stereocenters. The van der Waals surface area contributed by atoms with Gasteiger partial charge in [0.05, 0.1) is 23.1 Å². The topological polar surface area (TPSA) is 85.4 Å². The number of benzene rings is 2. The van der Waals surface area contributed by atoms with Crippen molar-refractivity contribution >= 4 is 23.9 Å². The van der Waals surface area contributed by atoms with Crippen LogP contribution < -0.4 is 9.47 Å². The van der Waals surface area contributed by atoms with Gasteiger partial charge in [-0.05, 0) is 67.0 Å². The van der Waals surface area contributed by atoms with Gasteiger partial charge in [-0.25, -0.2) is 0 Å². The lowest BCUT2D eigenvalue weighted by Gasteiger charge is -2.65. The molecule has 8 nitrogen and oxygen atoms in total. The fourth-order valence-electron chi connectivity index (χ4n) is 8.83. The lowest BCUT2D eigenvalue weighted by Crippen LogP contribution is -2.79. The summed E-state index contributed by atoms with van der Waals surface area (Å²) in [6.45, 7) is 12.3. The second-order valence-electron chi connectivity index (χ2n) is 13.7. The van der Waals surface area contributed by atoms with Crippen LogP contribution in [0.2, 0.25) is 0 Å². The van der Waals surface area contributed by atoms with Crippen molar-refractivity contribution in [3.05, 3.63) is 77.4 Å². The lowest BCUT2D eigenvalue weighted by molar-refractivity contribution is -0.223. The number of carbonyl (C=O) groups excluding carboxylic acids is 3. The summed E-state index contributed by atoms with van der Waals surface area (Å²) < 4.78 is 59.2. The van der Waals surface area contributed by atoms with Crippen molar-refractivity contribution in [2.24, 2.45) is 5.92 Å². The van der Waals surface area contributed by atoms with Crippen molar-refractivity contribution in [2.75, 3.05) is 19.6 Å². The monoisotopic (exact) mass is 666 g/mol. The third-order valence-corrected chi connectivity index (χ3v) is 10.3. The van der Waals surface area contributed by atoms with Gasteiger partial charge in [-0.2, -0.15) is 13.2 Å². The first-order valence-corrected chi connectivity index (χ1v) is 16.4. The number of carbonyl (C=O) groups is 3. The molecule has 1 spiro atoms. The molecule has 4 aliphatic rings. The summed E-state index contributed by atoms with van der Waals surface area (Å²) in [5.74, 6) is -0.515. The van der Waals surface area contributed by atoms with E-state index in [1.54, 1.807) is 11.0 Å². The zero-order valence-corrected chi connectivity index (χ0v) is 27.6. The highest BCUT2D eigenvalue weighted by Crippen LogP contribution is 2.67. The molecule has 2 aliphatic heterocycles. The Bertz CT molecular complexity index is 1670. The van der Waals surface area contributed by atoms with Gasteiger partial charge in [0.1, 0.15) is 11.7 Å². The average Bonchev–Trinajstić information content (AvgIpc) is 3.36. The number of hydrogen-bond acceptors (Lipinski definition) is 7. The molecular formula is C37H41F3N2O6. The molecule has 1 saturated heterocycles. The largest absolute Gasteiger partial charge is 0.483 e. The molecule has 2 aliphatic carbocycles. The third kappa shape index (κ3) is 5.49. The number of nitrogens with zero attached hydrogens (tertiary/aromatic N) is 2. The molecule has 11 heteroatoms. The SMILES string of the molecule is C=CCN1CC[C@]23c4c5ccc(OC(C)=O)c4OC2C(N(CC(C)C)C(=O)C=Cc2cccc(C(F)(F)F)c2)CC[C@@]3(OC(C)=O)[C@H]1C5. The molecular weight excluding hydrogens is 625 g/mol. The molecule has 0 radical (unpaired) electrons. The molecule has 5 atom stereocenters. The van der Waals surface area contributed by atoms with Crippen LogP contribution in [0, 0.1) is 5.92 Å². The summed E-state index contributed by atoms with van der Waals surface area (Å²) in [5.41, 5.74) is -0.517. The Hall–Kier alpha value is -4.12. The van der Waals surface area contributed by atoms with Crippen LogP contribution in [0.4, 0.5) is 13.2 Å². The Labute approximate surface area is 278 Å². The molecule has 0 N–H and O–H groups in total. The molecule has 6 rings (SSSR count). The van der Waals surface area contributed by atoms with Gasteiger partial charge in [0, 0.05) is 45.1 Å². The van der Waals surface area contributed by atoms with Crippen molar-refractivity contribution < 1.29 is 41.8 Å². The van der Waals surface area contributed by atoms with Crippen LogP contribution in [0.5, 0.6) is 11.5 Å². The minimum atomic E-state index is -4.51. The molecule has 1 amide bonds. The van der Waals surface area contributed by atoms with Gasteiger partial charge in [-0.15, -0.1) is 6.58 Å². The number of likely N-dealkylation sites (tertiary alicyclic amines) is 1. The van der Waals surface area contributed by atoms with Crippen molar-refractivity contribution in [3.8, 4) is 11.5 Å². The lowest BCUT2D eigenvalue weighted by atomic mass is 9.48. The minimum Gasteiger partial charge on any atom is -0.483 e. The van der Waals surface area contributed by atoms with E-state index >= 15 is 0 Å². The van der Waals surface area contributed by atoms with Gasteiger partial charge in [-0.1, -0.05) is 38.1 Å². The van der Waals surface area contributed by atoms with Crippen LogP contribution in [0.3, 0.4) is 0 Å². The van der Waals surface area contributed by atoms with E-state index < -0.39 is 46.8 Å². The summed E-state index contributed by atoms with van der Waals surface area (Å²) in [4.78, 5) is 43.3.